The Morgan fingerprint density at radius 1 is 1.14 bits per heavy atom. The summed E-state index contributed by atoms with van der Waals surface area (Å²) in [6.45, 7) is 2.11. The molecule has 0 aromatic carbocycles. The van der Waals surface area contributed by atoms with Crippen LogP contribution in [0.25, 0.3) is 0 Å². The van der Waals surface area contributed by atoms with Gasteiger partial charge in [-0.3, -0.25) is 4.79 Å². The summed E-state index contributed by atoms with van der Waals surface area (Å²) in [4.78, 5) is 26.6. The Morgan fingerprint density at radius 2 is 1.81 bits per heavy atom. The highest BCUT2D eigenvalue weighted by atomic mass is 32.2. The van der Waals surface area contributed by atoms with Gasteiger partial charge in [-0.05, 0) is 25.7 Å². The van der Waals surface area contributed by atoms with Gasteiger partial charge in [0.05, 0.1) is 11.5 Å². The first-order valence-electron chi connectivity index (χ1n) is 7.33. The van der Waals surface area contributed by atoms with E-state index in [1.54, 1.807) is 4.90 Å². The first-order valence-corrected chi connectivity index (χ1v) is 9.15. The molecule has 1 N–H and O–H groups in total. The molecule has 8 heteroatoms. The van der Waals surface area contributed by atoms with E-state index < -0.39 is 28.4 Å². The van der Waals surface area contributed by atoms with E-state index in [4.69, 9.17) is 5.11 Å². The lowest BCUT2D eigenvalue weighted by molar-refractivity contribution is -0.138. The maximum absolute atomic E-state index is 12.6. The lowest BCUT2D eigenvalue weighted by atomic mass is 10.2. The van der Waals surface area contributed by atoms with E-state index in [0.717, 1.165) is 19.3 Å². The summed E-state index contributed by atoms with van der Waals surface area (Å²) in [7, 11) is -3.16. The van der Waals surface area contributed by atoms with Gasteiger partial charge in [0.1, 0.15) is 6.54 Å². The second kappa shape index (κ2) is 6.21. The van der Waals surface area contributed by atoms with E-state index >= 15 is 0 Å². The Labute approximate surface area is 124 Å². The average Bonchev–Trinajstić information content (AvgIpc) is 3.16. The number of rotatable bonds is 6. The zero-order valence-corrected chi connectivity index (χ0v) is 13.0. The van der Waals surface area contributed by atoms with Crippen LogP contribution in [0.15, 0.2) is 0 Å². The Kier molecular flexibility index (Phi) is 4.75. The highest BCUT2D eigenvalue weighted by Crippen LogP contribution is 2.29. The Hall–Kier alpha value is -1.31. The van der Waals surface area contributed by atoms with E-state index in [0.29, 0.717) is 13.0 Å². The molecule has 1 aliphatic heterocycles. The van der Waals surface area contributed by atoms with Crippen molar-refractivity contribution in [3.63, 3.8) is 0 Å². The number of sulfone groups is 1. The highest BCUT2D eigenvalue weighted by Gasteiger charge is 2.40. The van der Waals surface area contributed by atoms with Crippen LogP contribution in [0.3, 0.4) is 0 Å². The quantitative estimate of drug-likeness (QED) is 0.772. The Morgan fingerprint density at radius 3 is 2.24 bits per heavy atom. The van der Waals surface area contributed by atoms with Crippen LogP contribution < -0.4 is 0 Å². The van der Waals surface area contributed by atoms with Gasteiger partial charge in [-0.1, -0.05) is 6.92 Å². The molecule has 2 rings (SSSR count). The second-order valence-corrected chi connectivity index (χ2v) is 8.01. The summed E-state index contributed by atoms with van der Waals surface area (Å²) >= 11 is 0. The van der Waals surface area contributed by atoms with Crippen LogP contribution in [0, 0.1) is 0 Å². The zero-order chi connectivity index (χ0) is 15.6. The fourth-order valence-corrected chi connectivity index (χ4v) is 4.48. The van der Waals surface area contributed by atoms with Gasteiger partial charge in [-0.25, -0.2) is 13.2 Å². The third-order valence-corrected chi connectivity index (χ3v) is 5.65. The molecule has 2 fully saturated rings. The highest BCUT2D eigenvalue weighted by molar-refractivity contribution is 7.91. The van der Waals surface area contributed by atoms with Gasteiger partial charge in [0.2, 0.25) is 0 Å². The molecule has 0 bridgehead atoms. The molecule has 21 heavy (non-hydrogen) atoms. The number of carboxylic acid groups (broad SMARTS) is 1. The molecule has 1 saturated carbocycles. The number of urea groups is 1. The third-order valence-electron chi connectivity index (χ3n) is 3.90. The van der Waals surface area contributed by atoms with Crippen molar-refractivity contribution in [1.82, 2.24) is 9.80 Å². The second-order valence-electron chi connectivity index (χ2n) is 5.79. The van der Waals surface area contributed by atoms with Crippen molar-refractivity contribution in [3.8, 4) is 0 Å². The minimum Gasteiger partial charge on any atom is -0.480 e. The van der Waals surface area contributed by atoms with Gasteiger partial charge in [0, 0.05) is 18.6 Å². The molecule has 0 radical (unpaired) electrons. The maximum atomic E-state index is 12.6. The van der Waals surface area contributed by atoms with Crippen LogP contribution in [0.1, 0.15) is 32.6 Å². The topological polar surface area (TPSA) is 95.0 Å². The average molecular weight is 318 g/mol. The van der Waals surface area contributed by atoms with Crippen LogP contribution in [0.4, 0.5) is 4.79 Å². The van der Waals surface area contributed by atoms with E-state index in [1.807, 2.05) is 6.92 Å². The minimum absolute atomic E-state index is 0.0261. The molecule has 1 aliphatic carbocycles. The number of carbonyl (C=O) groups excluding carboxylic acids is 1. The maximum Gasteiger partial charge on any atom is 0.323 e. The number of carbonyl (C=O) groups is 2. The monoisotopic (exact) mass is 318 g/mol. The summed E-state index contributed by atoms with van der Waals surface area (Å²) < 4.78 is 23.2. The van der Waals surface area contributed by atoms with E-state index in [1.165, 1.54) is 4.90 Å². The van der Waals surface area contributed by atoms with Crippen molar-refractivity contribution < 1.29 is 23.1 Å². The van der Waals surface area contributed by atoms with Crippen LogP contribution in [0.5, 0.6) is 0 Å². The Bertz CT molecular complexity index is 515. The van der Waals surface area contributed by atoms with Gasteiger partial charge in [-0.2, -0.15) is 0 Å². The number of aliphatic carboxylic acids is 1. The molecule has 120 valence electrons. The molecule has 1 heterocycles. The van der Waals surface area contributed by atoms with E-state index in [2.05, 4.69) is 0 Å². The van der Waals surface area contributed by atoms with Gasteiger partial charge in [-0.15, -0.1) is 0 Å². The number of nitrogens with zero attached hydrogens (tertiary/aromatic N) is 2. The SMILES string of the molecule is CCCN(C(=O)N(CC(=O)O)C1CCS(=O)(=O)C1)C1CC1. The van der Waals surface area contributed by atoms with E-state index in [9.17, 15) is 18.0 Å². The molecule has 1 unspecified atom stereocenters. The van der Waals surface area contributed by atoms with Crippen molar-refractivity contribution in [1.29, 1.82) is 0 Å². The molecule has 0 aromatic rings. The summed E-state index contributed by atoms with van der Waals surface area (Å²) in [6.07, 6.45) is 3.00. The fraction of sp³-hybridized carbons (Fsp3) is 0.846. The molecule has 0 spiro atoms. The number of carboxylic acids is 1. The molecular weight excluding hydrogens is 296 g/mol. The summed E-state index contributed by atoms with van der Waals surface area (Å²) in [5.74, 6) is -1.21. The zero-order valence-electron chi connectivity index (χ0n) is 12.2. The van der Waals surface area contributed by atoms with Gasteiger partial charge in [0.25, 0.3) is 0 Å². The predicted octanol–water partition coefficient (Wildman–Crippen LogP) is 0.555. The normalized spacial score (nSPS) is 23.8. The van der Waals surface area contributed by atoms with Crippen molar-refractivity contribution in [2.45, 2.75) is 44.7 Å². The standard InChI is InChI=1S/C13H22N2O5S/c1-2-6-14(10-3-4-10)13(18)15(8-12(16)17)11-5-7-21(19,20)9-11/h10-11H,2-9H2,1H3,(H,16,17). The molecule has 1 saturated heterocycles. The first kappa shape index (κ1) is 16.1. The minimum atomic E-state index is -3.16. The molecule has 2 aliphatic rings. The van der Waals surface area contributed by atoms with E-state index in [-0.39, 0.29) is 23.6 Å². The molecular formula is C13H22N2O5S. The molecule has 1 atom stereocenters. The Balaban J connectivity index is 2.14. The van der Waals surface area contributed by atoms with Crippen molar-refractivity contribution >= 4 is 21.8 Å². The predicted molar refractivity (Wildman–Crippen MR) is 76.8 cm³/mol. The number of hydrogen-bond donors (Lipinski definition) is 1. The van der Waals surface area contributed by atoms with Crippen molar-refractivity contribution in [2.24, 2.45) is 0 Å². The molecule has 0 aromatic heterocycles. The fourth-order valence-electron chi connectivity index (χ4n) is 2.75. The smallest absolute Gasteiger partial charge is 0.323 e. The van der Waals surface area contributed by atoms with Gasteiger partial charge in [0.15, 0.2) is 9.84 Å². The van der Waals surface area contributed by atoms with Crippen LogP contribution >= 0.6 is 0 Å². The summed E-state index contributed by atoms with van der Waals surface area (Å²) in [5, 5.41) is 9.03. The summed E-state index contributed by atoms with van der Waals surface area (Å²) in [6, 6.07) is -0.660. The van der Waals surface area contributed by atoms with Gasteiger partial charge < -0.3 is 14.9 Å². The number of hydrogen-bond acceptors (Lipinski definition) is 4. The van der Waals surface area contributed by atoms with Crippen molar-refractivity contribution in [3.05, 3.63) is 0 Å². The summed E-state index contributed by atoms with van der Waals surface area (Å²) in [5.41, 5.74) is 0. The van der Waals surface area contributed by atoms with Crippen LogP contribution in [-0.4, -0.2) is 72.0 Å². The molecule has 2 amide bonds. The van der Waals surface area contributed by atoms with Crippen molar-refractivity contribution in [2.75, 3.05) is 24.6 Å². The largest absolute Gasteiger partial charge is 0.480 e. The first-order chi connectivity index (χ1) is 9.84. The lowest BCUT2D eigenvalue weighted by Crippen LogP contribution is -2.51. The van der Waals surface area contributed by atoms with Gasteiger partial charge >= 0.3 is 12.0 Å². The lowest BCUT2D eigenvalue weighted by Gasteiger charge is -2.33. The van der Waals surface area contributed by atoms with Crippen LogP contribution in [-0.2, 0) is 14.6 Å². The number of amides is 2. The molecule has 7 nitrogen and oxygen atoms in total. The third kappa shape index (κ3) is 4.09. The van der Waals surface area contributed by atoms with Crippen LogP contribution in [0.2, 0.25) is 0 Å².